The van der Waals surface area contributed by atoms with Gasteiger partial charge < -0.3 is 4.57 Å². The lowest BCUT2D eigenvalue weighted by Gasteiger charge is -2.14. The van der Waals surface area contributed by atoms with Crippen LogP contribution in [-0.4, -0.2) is 4.57 Å². The van der Waals surface area contributed by atoms with Crippen LogP contribution in [-0.2, 0) is 6.54 Å². The van der Waals surface area contributed by atoms with Gasteiger partial charge in [0.2, 0.25) is 0 Å². The van der Waals surface area contributed by atoms with E-state index in [0.29, 0.717) is 0 Å². The van der Waals surface area contributed by atoms with E-state index < -0.39 is 0 Å². The highest BCUT2D eigenvalue weighted by molar-refractivity contribution is 7.17. The molecular weight excluding hydrogens is 256 g/mol. The zero-order valence-corrected chi connectivity index (χ0v) is 12.2. The Labute approximate surface area is 117 Å². The predicted molar refractivity (Wildman–Crippen MR) is 79.3 cm³/mol. The third kappa shape index (κ3) is 3.24. The second-order valence-electron chi connectivity index (χ2n) is 5.47. The molecule has 0 saturated heterocycles. The first kappa shape index (κ1) is 13.8. The topological polar surface area (TPSA) is 45.8 Å². The Morgan fingerprint density at radius 2 is 2.16 bits per heavy atom. The Hall–Kier alpha value is -1.60. The summed E-state index contributed by atoms with van der Waals surface area (Å²) in [7, 11) is 0. The number of hydrogen-bond acceptors (Lipinski definition) is 3. The first-order valence-electron chi connectivity index (χ1n) is 6.51. The molecule has 0 aromatic carbocycles. The SMILES string of the molecule is CC(C)(C#N)CCCCn1ccc2sccc2c1=O. The average Bonchev–Trinajstić information content (AvgIpc) is 2.86. The molecule has 0 spiro atoms. The molecule has 2 rings (SSSR count). The number of pyridine rings is 1. The van der Waals surface area contributed by atoms with E-state index in [1.807, 2.05) is 37.6 Å². The molecule has 0 radical (unpaired) electrons. The largest absolute Gasteiger partial charge is 0.315 e. The minimum atomic E-state index is -0.262. The summed E-state index contributed by atoms with van der Waals surface area (Å²) in [5.74, 6) is 0. The number of hydrogen-bond donors (Lipinski definition) is 0. The lowest BCUT2D eigenvalue weighted by molar-refractivity contribution is 0.416. The van der Waals surface area contributed by atoms with E-state index in [9.17, 15) is 4.79 Å². The molecular formula is C15H18N2OS. The quantitative estimate of drug-likeness (QED) is 0.779. The van der Waals surface area contributed by atoms with E-state index in [1.54, 1.807) is 15.9 Å². The van der Waals surface area contributed by atoms with Crippen LogP contribution in [0.15, 0.2) is 28.5 Å². The molecule has 0 fully saturated rings. The smallest absolute Gasteiger partial charge is 0.259 e. The van der Waals surface area contributed by atoms with Gasteiger partial charge in [0.15, 0.2) is 0 Å². The van der Waals surface area contributed by atoms with Gasteiger partial charge >= 0.3 is 0 Å². The molecule has 0 atom stereocenters. The van der Waals surface area contributed by atoms with E-state index in [2.05, 4.69) is 6.07 Å². The maximum atomic E-state index is 12.2. The molecule has 0 aliphatic rings. The monoisotopic (exact) mass is 274 g/mol. The lowest BCUT2D eigenvalue weighted by Crippen LogP contribution is -2.19. The second kappa shape index (κ2) is 5.58. The van der Waals surface area contributed by atoms with Crippen molar-refractivity contribution in [3.05, 3.63) is 34.1 Å². The second-order valence-corrected chi connectivity index (χ2v) is 6.41. The molecule has 2 heterocycles. The Balaban J connectivity index is 1.97. The van der Waals surface area contributed by atoms with Gasteiger partial charge in [-0.1, -0.05) is 6.42 Å². The van der Waals surface area contributed by atoms with Crippen LogP contribution in [0, 0.1) is 16.7 Å². The fourth-order valence-corrected chi connectivity index (χ4v) is 2.86. The van der Waals surface area contributed by atoms with Crippen LogP contribution in [0.4, 0.5) is 0 Å². The average molecular weight is 274 g/mol. The highest BCUT2D eigenvalue weighted by atomic mass is 32.1. The summed E-state index contributed by atoms with van der Waals surface area (Å²) in [5.41, 5.74) is -0.166. The van der Waals surface area contributed by atoms with Gasteiger partial charge in [-0.25, -0.2) is 0 Å². The number of rotatable bonds is 5. The number of unbranched alkanes of at least 4 members (excludes halogenated alkanes) is 1. The van der Waals surface area contributed by atoms with Crippen LogP contribution in [0.25, 0.3) is 10.1 Å². The maximum Gasteiger partial charge on any atom is 0.259 e. The number of aryl methyl sites for hydroxylation is 1. The molecule has 0 unspecified atom stereocenters. The molecule has 19 heavy (non-hydrogen) atoms. The van der Waals surface area contributed by atoms with Crippen molar-refractivity contribution < 1.29 is 0 Å². The third-order valence-corrected chi connectivity index (χ3v) is 4.23. The molecule has 2 aromatic rings. The van der Waals surface area contributed by atoms with Crippen molar-refractivity contribution in [2.75, 3.05) is 0 Å². The van der Waals surface area contributed by atoms with Crippen LogP contribution >= 0.6 is 11.3 Å². The number of nitriles is 1. The fraction of sp³-hybridized carbons (Fsp3) is 0.467. The number of nitrogens with zero attached hydrogens (tertiary/aromatic N) is 2. The van der Waals surface area contributed by atoms with Crippen molar-refractivity contribution in [1.82, 2.24) is 4.57 Å². The molecule has 2 aromatic heterocycles. The maximum absolute atomic E-state index is 12.2. The molecule has 4 heteroatoms. The van der Waals surface area contributed by atoms with Crippen LogP contribution in [0.1, 0.15) is 33.1 Å². The van der Waals surface area contributed by atoms with Gasteiger partial charge in [-0.15, -0.1) is 11.3 Å². The van der Waals surface area contributed by atoms with Crippen molar-refractivity contribution >= 4 is 21.4 Å². The molecule has 0 aliphatic carbocycles. The van der Waals surface area contributed by atoms with E-state index in [0.717, 1.165) is 35.9 Å². The van der Waals surface area contributed by atoms with Gasteiger partial charge in [-0.05, 0) is 44.2 Å². The van der Waals surface area contributed by atoms with Crippen molar-refractivity contribution in [2.24, 2.45) is 5.41 Å². The minimum Gasteiger partial charge on any atom is -0.315 e. The lowest BCUT2D eigenvalue weighted by atomic mass is 9.89. The highest BCUT2D eigenvalue weighted by Crippen LogP contribution is 2.22. The Morgan fingerprint density at radius 3 is 2.89 bits per heavy atom. The van der Waals surface area contributed by atoms with Gasteiger partial charge in [0.1, 0.15) is 0 Å². The molecule has 0 saturated carbocycles. The molecule has 100 valence electrons. The van der Waals surface area contributed by atoms with E-state index in [-0.39, 0.29) is 11.0 Å². The molecule has 0 aliphatic heterocycles. The summed E-state index contributed by atoms with van der Waals surface area (Å²) in [5, 5.41) is 11.7. The van der Waals surface area contributed by atoms with Gasteiger partial charge in [-0.3, -0.25) is 4.79 Å². The first-order valence-corrected chi connectivity index (χ1v) is 7.39. The van der Waals surface area contributed by atoms with Crippen LogP contribution in [0.3, 0.4) is 0 Å². The van der Waals surface area contributed by atoms with E-state index in [1.165, 1.54) is 0 Å². The van der Waals surface area contributed by atoms with E-state index in [4.69, 9.17) is 5.26 Å². The van der Waals surface area contributed by atoms with Crippen LogP contribution in [0.5, 0.6) is 0 Å². The number of aromatic nitrogens is 1. The molecule has 0 amide bonds. The summed E-state index contributed by atoms with van der Waals surface area (Å²) in [6.07, 6.45) is 4.64. The zero-order valence-electron chi connectivity index (χ0n) is 11.3. The summed E-state index contributed by atoms with van der Waals surface area (Å²) < 4.78 is 2.82. The molecule has 3 nitrogen and oxygen atoms in total. The summed E-state index contributed by atoms with van der Waals surface area (Å²) in [6.45, 7) is 4.64. The Bertz CT molecular complexity index is 661. The number of thiophene rings is 1. The van der Waals surface area contributed by atoms with Crippen molar-refractivity contribution in [3.8, 4) is 6.07 Å². The van der Waals surface area contributed by atoms with Gasteiger partial charge in [0.25, 0.3) is 5.56 Å². The predicted octanol–water partition coefficient (Wildman–Crippen LogP) is 3.78. The van der Waals surface area contributed by atoms with Gasteiger partial charge in [0.05, 0.1) is 16.9 Å². The molecule has 0 bridgehead atoms. The normalized spacial score (nSPS) is 11.6. The standard InChI is InChI=1S/C15H18N2OS/c1-15(2,11-16)7-3-4-8-17-9-5-13-12(14(17)18)6-10-19-13/h5-6,9-10H,3-4,7-8H2,1-2H3. The number of fused-ring (bicyclic) bond motifs is 1. The summed E-state index contributed by atoms with van der Waals surface area (Å²) in [6, 6.07) is 6.19. The Morgan fingerprint density at radius 1 is 1.37 bits per heavy atom. The third-order valence-electron chi connectivity index (χ3n) is 3.35. The van der Waals surface area contributed by atoms with Gasteiger partial charge in [-0.2, -0.15) is 5.26 Å². The fourth-order valence-electron chi connectivity index (χ4n) is 2.09. The highest BCUT2D eigenvalue weighted by Gasteiger charge is 2.15. The summed E-state index contributed by atoms with van der Waals surface area (Å²) in [4.78, 5) is 12.2. The van der Waals surface area contributed by atoms with Crippen molar-refractivity contribution in [2.45, 2.75) is 39.7 Å². The van der Waals surface area contributed by atoms with Gasteiger partial charge in [0, 0.05) is 17.4 Å². The van der Waals surface area contributed by atoms with Crippen molar-refractivity contribution in [3.63, 3.8) is 0 Å². The Kier molecular flexibility index (Phi) is 4.06. The van der Waals surface area contributed by atoms with E-state index >= 15 is 0 Å². The molecule has 0 N–H and O–H groups in total. The first-order chi connectivity index (χ1) is 9.03. The van der Waals surface area contributed by atoms with Crippen LogP contribution < -0.4 is 5.56 Å². The van der Waals surface area contributed by atoms with Crippen molar-refractivity contribution in [1.29, 1.82) is 5.26 Å². The summed E-state index contributed by atoms with van der Waals surface area (Å²) >= 11 is 1.60. The minimum absolute atomic E-state index is 0.0956. The van der Waals surface area contributed by atoms with Crippen LogP contribution in [0.2, 0.25) is 0 Å². The zero-order chi connectivity index (χ0) is 13.9.